The summed E-state index contributed by atoms with van der Waals surface area (Å²) in [6, 6.07) is 4.47. The van der Waals surface area contributed by atoms with Crippen LogP contribution in [-0.4, -0.2) is 37.3 Å². The molecule has 8 nitrogen and oxygen atoms in total. The maximum Gasteiger partial charge on any atom is 0.284 e. The lowest BCUT2D eigenvalue weighted by molar-refractivity contribution is -0.385. The van der Waals surface area contributed by atoms with Crippen molar-refractivity contribution in [2.45, 2.75) is 18.9 Å². The lowest BCUT2D eigenvalue weighted by atomic mass is 10.1. The minimum atomic E-state index is -0.524. The summed E-state index contributed by atoms with van der Waals surface area (Å²) in [6.45, 7) is 0.597. The highest BCUT2D eigenvalue weighted by atomic mass is 16.6. The van der Waals surface area contributed by atoms with E-state index in [1.54, 1.807) is 27.9 Å². The summed E-state index contributed by atoms with van der Waals surface area (Å²) in [4.78, 5) is 25.2. The van der Waals surface area contributed by atoms with Crippen molar-refractivity contribution in [2.75, 3.05) is 6.54 Å². The van der Waals surface area contributed by atoms with Gasteiger partial charge in [-0.3, -0.25) is 14.9 Å². The van der Waals surface area contributed by atoms with E-state index >= 15 is 0 Å². The predicted molar refractivity (Wildman–Crippen MR) is 71.0 cm³/mol. The van der Waals surface area contributed by atoms with Crippen LogP contribution in [0.25, 0.3) is 5.69 Å². The van der Waals surface area contributed by atoms with Crippen molar-refractivity contribution in [1.29, 1.82) is 0 Å². The van der Waals surface area contributed by atoms with E-state index in [1.165, 1.54) is 6.07 Å². The van der Waals surface area contributed by atoms with Gasteiger partial charge in [0.05, 0.1) is 28.5 Å². The molecule has 1 amide bonds. The van der Waals surface area contributed by atoms with Gasteiger partial charge in [0.15, 0.2) is 0 Å². The van der Waals surface area contributed by atoms with Gasteiger partial charge in [-0.1, -0.05) is 11.3 Å². The van der Waals surface area contributed by atoms with Crippen molar-refractivity contribution in [1.82, 2.24) is 19.9 Å². The molecule has 0 saturated carbocycles. The van der Waals surface area contributed by atoms with Crippen LogP contribution in [0.1, 0.15) is 34.9 Å². The molecular formula is C13H11N5O3. The normalized spacial score (nSPS) is 19.7. The minimum absolute atomic E-state index is 0.0960. The number of hydrogen-bond acceptors (Lipinski definition) is 5. The Morgan fingerprint density at radius 2 is 2.24 bits per heavy atom. The lowest BCUT2D eigenvalue weighted by Gasteiger charge is -2.21. The standard InChI is InChI=1S/C13H11N5O3/c19-13-12-9(3-1-4-10(12)18(20)21)17-11(7-14-15-17)8-5-2-6-16(8)13/h1,3-4,7-8H,2,5-6H2/t8-/m0/s1. The number of nitro groups is 1. The van der Waals surface area contributed by atoms with Crippen LogP contribution in [0.15, 0.2) is 24.4 Å². The zero-order valence-electron chi connectivity index (χ0n) is 11.0. The van der Waals surface area contributed by atoms with Gasteiger partial charge in [0.2, 0.25) is 0 Å². The number of fused-ring (bicyclic) bond motifs is 5. The number of nitro benzene ring substituents is 1. The molecule has 1 fully saturated rings. The zero-order valence-corrected chi connectivity index (χ0v) is 11.0. The molecule has 2 aromatic rings. The second-order valence-electron chi connectivity index (χ2n) is 5.16. The average Bonchev–Trinajstić information content (AvgIpc) is 3.12. The van der Waals surface area contributed by atoms with Gasteiger partial charge in [-0.25, -0.2) is 4.68 Å². The summed E-state index contributed by atoms with van der Waals surface area (Å²) in [5.74, 6) is -0.301. The Kier molecular flexibility index (Phi) is 2.35. The van der Waals surface area contributed by atoms with E-state index in [0.717, 1.165) is 18.5 Å². The topological polar surface area (TPSA) is 94.2 Å². The fourth-order valence-corrected chi connectivity index (χ4v) is 3.19. The summed E-state index contributed by atoms with van der Waals surface area (Å²) in [7, 11) is 0. The zero-order chi connectivity index (χ0) is 14.6. The van der Waals surface area contributed by atoms with Gasteiger partial charge in [-0.2, -0.15) is 0 Å². The van der Waals surface area contributed by atoms with Gasteiger partial charge in [0.25, 0.3) is 11.6 Å². The summed E-state index contributed by atoms with van der Waals surface area (Å²) in [5.41, 5.74) is 1.14. The second kappa shape index (κ2) is 4.11. The maximum atomic E-state index is 12.8. The molecular weight excluding hydrogens is 274 g/mol. The molecule has 1 aromatic carbocycles. The number of carbonyl (C=O) groups excluding carboxylic acids is 1. The molecule has 0 N–H and O–H groups in total. The summed E-state index contributed by atoms with van der Waals surface area (Å²) >= 11 is 0. The summed E-state index contributed by atoms with van der Waals surface area (Å²) in [6.07, 6.45) is 3.32. The van der Waals surface area contributed by atoms with Gasteiger partial charge in [-0.15, -0.1) is 5.10 Å². The second-order valence-corrected chi connectivity index (χ2v) is 5.16. The van der Waals surface area contributed by atoms with Crippen LogP contribution in [0.5, 0.6) is 0 Å². The summed E-state index contributed by atoms with van der Waals surface area (Å²) < 4.78 is 1.55. The van der Waals surface area contributed by atoms with E-state index < -0.39 is 4.92 Å². The monoisotopic (exact) mass is 285 g/mol. The molecule has 8 heteroatoms. The predicted octanol–water partition coefficient (Wildman–Crippen LogP) is 1.47. The van der Waals surface area contributed by atoms with Gasteiger partial charge in [0, 0.05) is 12.6 Å². The van der Waals surface area contributed by atoms with Crippen LogP contribution < -0.4 is 0 Å². The van der Waals surface area contributed by atoms with Crippen LogP contribution in [0.3, 0.4) is 0 Å². The van der Waals surface area contributed by atoms with E-state index in [1.807, 2.05) is 0 Å². The van der Waals surface area contributed by atoms with Crippen molar-refractivity contribution in [2.24, 2.45) is 0 Å². The van der Waals surface area contributed by atoms with Crippen molar-refractivity contribution in [3.05, 3.63) is 45.8 Å². The Morgan fingerprint density at radius 3 is 3.05 bits per heavy atom. The first-order valence-corrected chi connectivity index (χ1v) is 6.68. The Labute approximate surface area is 119 Å². The SMILES string of the molecule is O=C1c2c(cccc2[N+](=O)[O-])-n2nncc2[C@@H]2CCCN12. The molecule has 106 valence electrons. The number of rotatable bonds is 1. The van der Waals surface area contributed by atoms with E-state index in [-0.39, 0.29) is 23.2 Å². The van der Waals surface area contributed by atoms with E-state index in [0.29, 0.717) is 12.2 Å². The largest absolute Gasteiger partial charge is 0.330 e. The first-order chi connectivity index (χ1) is 10.2. The third-order valence-electron chi connectivity index (χ3n) is 4.09. The molecule has 0 radical (unpaired) electrons. The molecule has 0 unspecified atom stereocenters. The maximum absolute atomic E-state index is 12.8. The molecule has 2 aliphatic rings. The molecule has 3 heterocycles. The smallest absolute Gasteiger partial charge is 0.284 e. The number of aromatic nitrogens is 3. The van der Waals surface area contributed by atoms with Crippen LogP contribution in [-0.2, 0) is 0 Å². The molecule has 4 rings (SSSR count). The van der Waals surface area contributed by atoms with Crippen molar-refractivity contribution in [3.8, 4) is 5.69 Å². The quantitative estimate of drug-likeness (QED) is 0.584. The molecule has 1 atom stereocenters. The Balaban J connectivity index is 2.06. The highest BCUT2D eigenvalue weighted by molar-refractivity contribution is 6.02. The minimum Gasteiger partial charge on any atom is -0.330 e. The number of carbonyl (C=O) groups is 1. The highest BCUT2D eigenvalue weighted by Crippen LogP contribution is 2.39. The number of hydrogen-bond donors (Lipinski definition) is 0. The molecule has 2 aliphatic heterocycles. The fraction of sp³-hybridized carbons (Fsp3) is 0.308. The highest BCUT2D eigenvalue weighted by Gasteiger charge is 2.40. The van der Waals surface area contributed by atoms with E-state index in [9.17, 15) is 14.9 Å². The third kappa shape index (κ3) is 1.52. The van der Waals surface area contributed by atoms with Crippen LogP contribution in [0.4, 0.5) is 5.69 Å². The van der Waals surface area contributed by atoms with Gasteiger partial charge in [0.1, 0.15) is 5.56 Å². The fourth-order valence-electron chi connectivity index (χ4n) is 3.19. The molecule has 0 aliphatic carbocycles. The van der Waals surface area contributed by atoms with Gasteiger partial charge >= 0.3 is 0 Å². The van der Waals surface area contributed by atoms with Crippen LogP contribution in [0.2, 0.25) is 0 Å². The molecule has 1 aromatic heterocycles. The Hall–Kier alpha value is -2.77. The van der Waals surface area contributed by atoms with Crippen molar-refractivity contribution < 1.29 is 9.72 Å². The number of amides is 1. The van der Waals surface area contributed by atoms with Crippen molar-refractivity contribution in [3.63, 3.8) is 0 Å². The molecule has 1 saturated heterocycles. The third-order valence-corrected chi connectivity index (χ3v) is 4.09. The van der Waals surface area contributed by atoms with Crippen LogP contribution >= 0.6 is 0 Å². The van der Waals surface area contributed by atoms with Crippen LogP contribution in [0, 0.1) is 10.1 Å². The molecule has 21 heavy (non-hydrogen) atoms. The first-order valence-electron chi connectivity index (χ1n) is 6.68. The first kappa shape index (κ1) is 12.0. The Bertz CT molecular complexity index is 769. The number of nitrogens with zero attached hydrogens (tertiary/aromatic N) is 5. The molecule has 0 spiro atoms. The van der Waals surface area contributed by atoms with Crippen molar-refractivity contribution >= 4 is 11.6 Å². The average molecular weight is 285 g/mol. The molecule has 0 bridgehead atoms. The van der Waals surface area contributed by atoms with Gasteiger partial charge in [-0.05, 0) is 18.9 Å². The lowest BCUT2D eigenvalue weighted by Crippen LogP contribution is -2.29. The summed E-state index contributed by atoms with van der Waals surface area (Å²) in [5, 5.41) is 19.2. The number of benzene rings is 1. The van der Waals surface area contributed by atoms with E-state index in [4.69, 9.17) is 0 Å². The van der Waals surface area contributed by atoms with E-state index in [2.05, 4.69) is 10.3 Å². The van der Waals surface area contributed by atoms with Gasteiger partial charge < -0.3 is 4.90 Å². The Morgan fingerprint density at radius 1 is 1.38 bits per heavy atom.